The first-order valence-electron chi connectivity index (χ1n) is 10.9. The van der Waals surface area contributed by atoms with Gasteiger partial charge in [-0.1, -0.05) is 41.7 Å². The fraction of sp³-hybridized carbons (Fsp3) is 0.160. The molecule has 178 valence electrons. The Hall–Kier alpha value is -4.27. The molecule has 9 nitrogen and oxygen atoms in total. The molecule has 5 aromatic rings. The zero-order chi connectivity index (χ0) is 24.7. The third-order valence-electron chi connectivity index (χ3n) is 5.73. The van der Waals surface area contributed by atoms with Crippen molar-refractivity contribution in [3.8, 4) is 11.8 Å². The average Bonchev–Trinajstić information content (AvgIpc) is 3.32. The number of carbonyl (C=O) groups excluding carboxylic acids is 1. The largest absolute Gasteiger partial charge is 0.481 e. The molecule has 1 amide bonds. The van der Waals surface area contributed by atoms with Gasteiger partial charge in [0.05, 0.1) is 5.39 Å². The molecule has 1 aliphatic rings. The SMILES string of the molecule is O=C(Nc1c(C#Cc2nc3nc(C4(C(=O)O)CC4)sc3s2)oc2ncccc12)OCc1ccccc1. The number of carboxylic acid groups (broad SMARTS) is 1. The minimum absolute atomic E-state index is 0.121. The summed E-state index contributed by atoms with van der Waals surface area (Å²) in [7, 11) is 0. The fourth-order valence-corrected chi connectivity index (χ4v) is 5.87. The smallest absolute Gasteiger partial charge is 0.412 e. The average molecular weight is 517 g/mol. The minimum Gasteiger partial charge on any atom is -0.481 e. The lowest BCUT2D eigenvalue weighted by molar-refractivity contribution is -0.140. The first kappa shape index (κ1) is 22.2. The van der Waals surface area contributed by atoms with Crippen LogP contribution in [0.4, 0.5) is 10.5 Å². The number of anilines is 1. The van der Waals surface area contributed by atoms with E-state index in [0.29, 0.717) is 45.3 Å². The molecule has 1 aliphatic carbocycles. The molecule has 0 bridgehead atoms. The Morgan fingerprint density at radius 1 is 1.11 bits per heavy atom. The number of nitrogens with zero attached hydrogens (tertiary/aromatic N) is 3. The van der Waals surface area contributed by atoms with Gasteiger partial charge in [-0.15, -0.1) is 11.3 Å². The van der Waals surface area contributed by atoms with E-state index < -0.39 is 17.5 Å². The lowest BCUT2D eigenvalue weighted by Gasteiger charge is -2.06. The molecule has 36 heavy (non-hydrogen) atoms. The minimum atomic E-state index is -0.853. The summed E-state index contributed by atoms with van der Waals surface area (Å²) in [5.74, 6) is 5.26. The summed E-state index contributed by atoms with van der Waals surface area (Å²) < 4.78 is 11.9. The summed E-state index contributed by atoms with van der Waals surface area (Å²) in [5.41, 5.74) is 1.19. The first-order valence-corrected chi connectivity index (χ1v) is 12.5. The quantitative estimate of drug-likeness (QED) is 0.307. The van der Waals surface area contributed by atoms with E-state index in [9.17, 15) is 14.7 Å². The van der Waals surface area contributed by atoms with Gasteiger partial charge in [0.15, 0.2) is 10.7 Å². The van der Waals surface area contributed by atoms with E-state index in [1.165, 1.54) is 22.7 Å². The van der Waals surface area contributed by atoms with E-state index in [2.05, 4.69) is 32.1 Å². The van der Waals surface area contributed by atoms with Crippen LogP contribution in [0.15, 0.2) is 53.1 Å². The van der Waals surface area contributed by atoms with E-state index in [4.69, 9.17) is 9.15 Å². The summed E-state index contributed by atoms with van der Waals surface area (Å²) in [6.07, 6.45) is 2.13. The van der Waals surface area contributed by atoms with Crippen LogP contribution in [0.1, 0.15) is 34.2 Å². The molecule has 4 aromatic heterocycles. The predicted octanol–water partition coefficient (Wildman–Crippen LogP) is 5.16. The zero-order valence-electron chi connectivity index (χ0n) is 18.5. The highest BCUT2D eigenvalue weighted by Gasteiger charge is 2.54. The van der Waals surface area contributed by atoms with Crippen LogP contribution in [0.5, 0.6) is 0 Å². The molecule has 1 aromatic carbocycles. The Balaban J connectivity index is 1.25. The third-order valence-corrected chi connectivity index (χ3v) is 8.03. The van der Waals surface area contributed by atoms with Crippen LogP contribution < -0.4 is 5.32 Å². The normalized spacial score (nSPS) is 13.8. The molecule has 2 N–H and O–H groups in total. The summed E-state index contributed by atoms with van der Waals surface area (Å²) in [5, 5.41) is 13.9. The zero-order valence-corrected chi connectivity index (χ0v) is 20.1. The van der Waals surface area contributed by atoms with Crippen molar-refractivity contribution in [1.82, 2.24) is 15.0 Å². The van der Waals surface area contributed by atoms with Crippen LogP contribution in [0, 0.1) is 11.8 Å². The number of fused-ring (bicyclic) bond motifs is 2. The highest BCUT2D eigenvalue weighted by Crippen LogP contribution is 2.51. The van der Waals surface area contributed by atoms with E-state index in [0.717, 1.165) is 9.58 Å². The molecule has 1 saturated carbocycles. The number of thiazole rings is 2. The number of rotatable bonds is 5. The number of furan rings is 1. The van der Waals surface area contributed by atoms with Gasteiger partial charge in [0, 0.05) is 6.20 Å². The summed E-state index contributed by atoms with van der Waals surface area (Å²) in [6, 6.07) is 12.9. The van der Waals surface area contributed by atoms with Crippen molar-refractivity contribution < 1.29 is 23.8 Å². The van der Waals surface area contributed by atoms with Gasteiger partial charge in [-0.3, -0.25) is 10.1 Å². The number of nitrogens with one attached hydrogen (secondary N) is 1. The van der Waals surface area contributed by atoms with Crippen LogP contribution >= 0.6 is 22.7 Å². The Labute approximate surface area is 211 Å². The number of amides is 1. The Bertz CT molecular complexity index is 1660. The van der Waals surface area contributed by atoms with Gasteiger partial charge in [-0.2, -0.15) is 0 Å². The summed E-state index contributed by atoms with van der Waals surface area (Å²) >= 11 is 2.68. The van der Waals surface area contributed by atoms with Crippen molar-refractivity contribution in [3.05, 3.63) is 70.0 Å². The summed E-state index contributed by atoms with van der Waals surface area (Å²) in [6.45, 7) is 0.121. The number of aromatic nitrogens is 3. The van der Waals surface area contributed by atoms with Crippen molar-refractivity contribution in [1.29, 1.82) is 0 Å². The van der Waals surface area contributed by atoms with Crippen LogP contribution in [0.25, 0.3) is 20.8 Å². The van der Waals surface area contributed by atoms with Crippen LogP contribution in [0.3, 0.4) is 0 Å². The van der Waals surface area contributed by atoms with Gasteiger partial charge in [0.1, 0.15) is 26.7 Å². The number of carbonyl (C=O) groups is 2. The van der Waals surface area contributed by atoms with Crippen LogP contribution in [0.2, 0.25) is 0 Å². The van der Waals surface area contributed by atoms with Crippen molar-refractivity contribution in [2.24, 2.45) is 0 Å². The van der Waals surface area contributed by atoms with Crippen molar-refractivity contribution >= 4 is 61.2 Å². The van der Waals surface area contributed by atoms with Gasteiger partial charge in [0.25, 0.3) is 0 Å². The molecule has 0 atom stereocenters. The third kappa shape index (κ3) is 4.06. The van der Waals surface area contributed by atoms with E-state index in [-0.39, 0.29) is 12.4 Å². The standard InChI is InChI=1S/C25H16N4O5S2/c30-23(31)25(10-11-25)22-29-19-21(36-22)35-17(27-19)9-8-16-18(15-7-4-12-26-20(15)34-16)28-24(32)33-13-14-5-2-1-3-6-14/h1-7,12H,10-11,13H2,(H,28,32)(H,30,31). The van der Waals surface area contributed by atoms with Gasteiger partial charge in [-0.25, -0.2) is 19.7 Å². The maximum atomic E-state index is 12.5. The monoisotopic (exact) mass is 516 g/mol. The molecule has 0 aliphatic heterocycles. The van der Waals surface area contributed by atoms with Crippen LogP contribution in [-0.4, -0.2) is 32.1 Å². The molecule has 4 heterocycles. The van der Waals surface area contributed by atoms with Gasteiger partial charge in [-0.05, 0) is 42.4 Å². The first-order chi connectivity index (χ1) is 17.5. The number of aliphatic carboxylic acids is 1. The lowest BCUT2D eigenvalue weighted by Crippen LogP contribution is -2.18. The molecular weight excluding hydrogens is 500 g/mol. The maximum absolute atomic E-state index is 12.5. The number of carboxylic acids is 1. The van der Waals surface area contributed by atoms with Crippen molar-refractivity contribution in [2.75, 3.05) is 5.32 Å². The number of hydrogen-bond acceptors (Lipinski definition) is 9. The second-order valence-electron chi connectivity index (χ2n) is 8.14. The topological polar surface area (TPSA) is 127 Å². The van der Waals surface area contributed by atoms with Gasteiger partial charge >= 0.3 is 12.1 Å². The fourth-order valence-electron chi connectivity index (χ4n) is 3.66. The second-order valence-corrected chi connectivity index (χ2v) is 10.4. The Morgan fingerprint density at radius 3 is 2.69 bits per heavy atom. The maximum Gasteiger partial charge on any atom is 0.412 e. The number of ether oxygens (including phenoxy) is 1. The number of benzene rings is 1. The predicted molar refractivity (Wildman–Crippen MR) is 134 cm³/mol. The highest BCUT2D eigenvalue weighted by molar-refractivity contribution is 7.38. The van der Waals surface area contributed by atoms with Crippen LogP contribution in [-0.2, 0) is 21.6 Å². The summed E-state index contributed by atoms with van der Waals surface area (Å²) in [4.78, 5) is 37.2. The van der Waals surface area contributed by atoms with Gasteiger partial charge < -0.3 is 14.3 Å². The molecule has 6 rings (SSSR count). The van der Waals surface area contributed by atoms with E-state index in [1.54, 1.807) is 18.3 Å². The second kappa shape index (κ2) is 8.75. The molecule has 1 fully saturated rings. The molecular formula is C25H16N4O5S2. The lowest BCUT2D eigenvalue weighted by atomic mass is 10.1. The Kier molecular flexibility index (Phi) is 5.40. The number of hydrogen-bond donors (Lipinski definition) is 2. The van der Waals surface area contributed by atoms with Crippen molar-refractivity contribution in [3.63, 3.8) is 0 Å². The van der Waals surface area contributed by atoms with E-state index in [1.807, 2.05) is 30.3 Å². The Morgan fingerprint density at radius 2 is 1.94 bits per heavy atom. The van der Waals surface area contributed by atoms with Gasteiger partial charge in [0.2, 0.25) is 11.5 Å². The molecule has 0 spiro atoms. The number of pyridine rings is 1. The highest BCUT2D eigenvalue weighted by atomic mass is 32.2. The van der Waals surface area contributed by atoms with E-state index >= 15 is 0 Å². The molecule has 0 radical (unpaired) electrons. The molecule has 0 saturated heterocycles. The van der Waals surface area contributed by atoms with Crippen molar-refractivity contribution in [2.45, 2.75) is 24.9 Å². The molecule has 0 unspecified atom stereocenters. The molecule has 11 heteroatoms.